The largest absolute Gasteiger partial charge is 0.490 e. The Morgan fingerprint density at radius 1 is 1.16 bits per heavy atom. The Bertz CT molecular complexity index is 1590. The highest BCUT2D eigenvalue weighted by molar-refractivity contribution is 7.87. The van der Waals surface area contributed by atoms with Crippen LogP contribution < -0.4 is 14.4 Å². The van der Waals surface area contributed by atoms with Gasteiger partial charge in [0, 0.05) is 49.3 Å². The third-order valence-electron chi connectivity index (χ3n) is 10.9. The van der Waals surface area contributed by atoms with Gasteiger partial charge in [0.1, 0.15) is 5.75 Å². The van der Waals surface area contributed by atoms with Crippen LogP contribution in [0, 0.1) is 17.8 Å². The normalized spacial score (nSPS) is 33.5. The summed E-state index contributed by atoms with van der Waals surface area (Å²) in [6.45, 7) is 3.97. The van der Waals surface area contributed by atoms with Crippen LogP contribution in [-0.2, 0) is 26.8 Å². The van der Waals surface area contributed by atoms with Gasteiger partial charge >= 0.3 is 10.2 Å². The lowest BCUT2D eigenvalue weighted by Crippen LogP contribution is -2.51. The summed E-state index contributed by atoms with van der Waals surface area (Å²) in [5.74, 6) is 0.954. The van der Waals surface area contributed by atoms with Crippen LogP contribution in [-0.4, -0.2) is 64.6 Å². The number of halogens is 1. The molecule has 1 saturated carbocycles. The summed E-state index contributed by atoms with van der Waals surface area (Å²) in [7, 11) is -0.727. The molecular weight excluding hydrogens is 586 g/mol. The molecule has 3 aliphatic carbocycles. The number of rotatable bonds is 1. The lowest BCUT2D eigenvalue weighted by Gasteiger charge is -2.48. The van der Waals surface area contributed by atoms with Crippen molar-refractivity contribution in [2.45, 2.75) is 63.0 Å². The van der Waals surface area contributed by atoms with Crippen LogP contribution in [0.2, 0.25) is 5.02 Å². The van der Waals surface area contributed by atoms with Crippen molar-refractivity contribution in [2.75, 3.05) is 38.8 Å². The van der Waals surface area contributed by atoms with E-state index in [0.29, 0.717) is 29.8 Å². The van der Waals surface area contributed by atoms with Gasteiger partial charge in [-0.15, -0.1) is 0 Å². The Labute approximate surface area is 259 Å². The van der Waals surface area contributed by atoms with E-state index >= 15 is 0 Å². The summed E-state index contributed by atoms with van der Waals surface area (Å²) < 4.78 is 42.9. The second-order valence-electron chi connectivity index (χ2n) is 13.2. The number of benzene rings is 2. The maximum absolute atomic E-state index is 13.4. The molecule has 230 valence electrons. The second-order valence-corrected chi connectivity index (χ2v) is 15.4. The monoisotopic (exact) mass is 625 g/mol. The van der Waals surface area contributed by atoms with E-state index in [4.69, 9.17) is 21.1 Å². The first-order valence-electron chi connectivity index (χ1n) is 15.4. The first-order chi connectivity index (χ1) is 20.6. The van der Waals surface area contributed by atoms with Gasteiger partial charge < -0.3 is 14.4 Å². The van der Waals surface area contributed by atoms with Gasteiger partial charge in [-0.05, 0) is 110 Å². The first-order valence-corrected chi connectivity index (χ1v) is 17.2. The van der Waals surface area contributed by atoms with Crippen molar-refractivity contribution < 1.29 is 22.7 Å². The molecule has 0 radical (unpaired) electrons. The molecule has 0 unspecified atom stereocenters. The highest BCUT2D eigenvalue weighted by atomic mass is 35.5. The maximum Gasteiger partial charge on any atom is 0.304 e. The third-order valence-corrected chi connectivity index (χ3v) is 12.7. The lowest BCUT2D eigenvalue weighted by atomic mass is 9.65. The zero-order valence-electron chi connectivity index (χ0n) is 25.0. The van der Waals surface area contributed by atoms with Gasteiger partial charge in [-0.2, -0.15) is 12.7 Å². The Morgan fingerprint density at radius 2 is 1.98 bits per heavy atom. The summed E-state index contributed by atoms with van der Waals surface area (Å²) >= 11 is 6.42. The van der Waals surface area contributed by atoms with Crippen LogP contribution >= 0.6 is 11.6 Å². The molecule has 1 spiro atoms. The zero-order chi connectivity index (χ0) is 30.1. The molecule has 1 amide bonds. The van der Waals surface area contributed by atoms with Crippen molar-refractivity contribution in [3.05, 3.63) is 69.8 Å². The standard InChI is InChI=1S/C33H40ClN3O5S/c1-20-24-13-25(14-24)31(41-3)27-9-6-23(27)17-37-18-33(12-4-5-21-15-26(34)8-10-28(21)33)19-42-30-11-7-22(16-29(30)37)32(38)35-43(39,40)36(20)2/h7-8,10-11,13,15-16,20,23-24,27,31H,4-6,9,12,14,17-19H2,1-3H3,(H,35,38)/t20-,23-,24+,27+,31-,33-/m0/s1. The van der Waals surface area contributed by atoms with Crippen LogP contribution in [0.25, 0.3) is 0 Å². The number of nitrogens with one attached hydrogen (secondary N) is 1. The topological polar surface area (TPSA) is 88.2 Å². The molecule has 6 atom stereocenters. The first kappa shape index (κ1) is 29.1. The summed E-state index contributed by atoms with van der Waals surface area (Å²) in [4.78, 5) is 15.8. The molecule has 2 aromatic rings. The predicted octanol–water partition coefficient (Wildman–Crippen LogP) is 5.11. The lowest BCUT2D eigenvalue weighted by molar-refractivity contribution is -0.000510. The van der Waals surface area contributed by atoms with Gasteiger partial charge in [-0.3, -0.25) is 4.79 Å². The highest BCUT2D eigenvalue weighted by Gasteiger charge is 2.46. The number of aryl methyl sites for hydroxylation is 1. The van der Waals surface area contributed by atoms with Crippen LogP contribution in [0.1, 0.15) is 60.5 Å². The number of ether oxygens (including phenoxy) is 2. The molecule has 1 N–H and O–H groups in total. The number of carbonyl (C=O) groups excluding carboxylic acids is 1. The van der Waals surface area contributed by atoms with Crippen molar-refractivity contribution in [3.8, 4) is 5.75 Å². The molecule has 6 aliphatic rings. The van der Waals surface area contributed by atoms with Crippen LogP contribution in [0.4, 0.5) is 5.69 Å². The minimum atomic E-state index is -4.05. The Hall–Kier alpha value is -2.59. The van der Waals surface area contributed by atoms with Crippen LogP contribution in [0.15, 0.2) is 48.0 Å². The van der Waals surface area contributed by atoms with E-state index in [1.807, 2.05) is 25.1 Å². The average Bonchev–Trinajstić information content (AvgIpc) is 3.09. The van der Waals surface area contributed by atoms with E-state index in [-0.39, 0.29) is 23.5 Å². The number of carbonyl (C=O) groups is 1. The van der Waals surface area contributed by atoms with E-state index in [2.05, 4.69) is 27.8 Å². The van der Waals surface area contributed by atoms with E-state index in [0.717, 1.165) is 62.3 Å². The van der Waals surface area contributed by atoms with Crippen molar-refractivity contribution in [3.63, 3.8) is 0 Å². The summed E-state index contributed by atoms with van der Waals surface area (Å²) in [5, 5.41) is 0.750. The number of methoxy groups -OCH3 is 1. The Kier molecular flexibility index (Phi) is 7.31. The Morgan fingerprint density at radius 3 is 2.72 bits per heavy atom. The summed E-state index contributed by atoms with van der Waals surface area (Å²) in [5.41, 5.74) is 4.72. The molecule has 43 heavy (non-hydrogen) atoms. The van der Waals surface area contributed by atoms with E-state index in [9.17, 15) is 13.2 Å². The number of amides is 1. The van der Waals surface area contributed by atoms with Crippen LogP contribution in [0.5, 0.6) is 5.75 Å². The fraction of sp³-hybridized carbons (Fsp3) is 0.545. The molecule has 8 nitrogen and oxygen atoms in total. The molecule has 3 aliphatic heterocycles. The number of nitrogens with zero attached hydrogens (tertiary/aromatic N) is 2. The molecule has 0 saturated heterocycles. The average molecular weight is 626 g/mol. The van der Waals surface area contributed by atoms with Crippen molar-refractivity contribution in [1.82, 2.24) is 9.03 Å². The number of hydrogen-bond donors (Lipinski definition) is 1. The van der Waals surface area contributed by atoms with Crippen molar-refractivity contribution in [2.24, 2.45) is 17.8 Å². The number of anilines is 1. The predicted molar refractivity (Wildman–Crippen MR) is 167 cm³/mol. The van der Waals surface area contributed by atoms with Gasteiger partial charge in [0.05, 0.1) is 18.4 Å². The van der Waals surface area contributed by atoms with E-state index < -0.39 is 16.1 Å². The van der Waals surface area contributed by atoms with Gasteiger partial charge in [-0.1, -0.05) is 23.7 Å². The molecule has 2 aromatic carbocycles. The van der Waals surface area contributed by atoms with Crippen molar-refractivity contribution in [1.29, 1.82) is 0 Å². The van der Waals surface area contributed by atoms with Gasteiger partial charge in [-0.25, -0.2) is 4.72 Å². The van der Waals surface area contributed by atoms with Gasteiger partial charge in [0.15, 0.2) is 0 Å². The molecule has 3 heterocycles. The number of fused-ring (bicyclic) bond motifs is 6. The fourth-order valence-electron chi connectivity index (χ4n) is 8.13. The van der Waals surface area contributed by atoms with E-state index in [1.165, 1.54) is 28.1 Å². The van der Waals surface area contributed by atoms with E-state index in [1.54, 1.807) is 13.2 Å². The fourth-order valence-corrected chi connectivity index (χ4v) is 9.42. The van der Waals surface area contributed by atoms with Gasteiger partial charge in [0.2, 0.25) is 0 Å². The molecule has 8 rings (SSSR count). The quantitative estimate of drug-likeness (QED) is 0.443. The molecule has 4 bridgehead atoms. The second kappa shape index (κ2) is 10.8. The summed E-state index contributed by atoms with van der Waals surface area (Å²) in [6.07, 6.45) is 8.25. The molecule has 1 fully saturated rings. The highest BCUT2D eigenvalue weighted by Crippen LogP contribution is 2.49. The smallest absolute Gasteiger partial charge is 0.304 e. The Balaban J connectivity index is 1.32. The molecular formula is C33H40ClN3O5S. The van der Waals surface area contributed by atoms with Crippen molar-refractivity contribution >= 4 is 33.4 Å². The number of hydrogen-bond acceptors (Lipinski definition) is 6. The zero-order valence-corrected chi connectivity index (χ0v) is 26.6. The SMILES string of the molecule is CO[C@H]1C2=C[C@H](C2)[C@H](C)N(C)S(=O)(=O)NC(=O)c2ccc3c(c2)N(C[C@@H]2CC[C@H]21)C[C@@]1(CCCc2cc(Cl)ccc21)CO3. The minimum Gasteiger partial charge on any atom is -0.490 e. The molecule has 0 aromatic heterocycles. The third kappa shape index (κ3) is 4.96. The molecule has 10 heteroatoms. The van der Waals surface area contributed by atoms with Crippen LogP contribution in [0.3, 0.4) is 0 Å². The minimum absolute atomic E-state index is 0.0252. The summed E-state index contributed by atoms with van der Waals surface area (Å²) in [6, 6.07) is 11.2. The maximum atomic E-state index is 13.4. The van der Waals surface area contributed by atoms with Gasteiger partial charge in [0.25, 0.3) is 5.91 Å².